The van der Waals surface area contributed by atoms with Crippen LogP contribution in [0.4, 0.5) is 11.5 Å². The number of aryl methyl sites for hydroxylation is 1. The van der Waals surface area contributed by atoms with Gasteiger partial charge >= 0.3 is 0 Å². The van der Waals surface area contributed by atoms with Crippen LogP contribution in [0.15, 0.2) is 59.5 Å². The van der Waals surface area contributed by atoms with Gasteiger partial charge in [-0.3, -0.25) is 4.79 Å². The standard InChI is InChI=1S/C25H28N4O3S/c1-25(2,3)29-21(30)16-17-11-13-19(14-12-17)26-24-22-20(10-7-15-33(22,31)32)27-23(28-24)18-8-5-4-6-9-18/h4-6,8-9,11-14H,7,10,15-16H2,1-3H3,(H,29,30)(H,26,27,28). The van der Waals surface area contributed by atoms with Crippen molar-refractivity contribution in [3.05, 3.63) is 65.9 Å². The summed E-state index contributed by atoms with van der Waals surface area (Å²) < 4.78 is 25.7. The molecule has 4 rings (SSSR count). The number of hydrogen-bond acceptors (Lipinski definition) is 6. The summed E-state index contributed by atoms with van der Waals surface area (Å²) in [5.41, 5.74) is 2.65. The maximum absolute atomic E-state index is 12.9. The quantitative estimate of drug-likeness (QED) is 0.590. The van der Waals surface area contributed by atoms with Gasteiger partial charge in [-0.05, 0) is 51.3 Å². The second-order valence-corrected chi connectivity index (χ2v) is 11.3. The zero-order chi connectivity index (χ0) is 23.6. The minimum absolute atomic E-state index is 0.0494. The molecule has 33 heavy (non-hydrogen) atoms. The lowest BCUT2D eigenvalue weighted by Crippen LogP contribution is -2.41. The summed E-state index contributed by atoms with van der Waals surface area (Å²) in [6, 6.07) is 16.9. The molecule has 2 heterocycles. The first-order valence-corrected chi connectivity index (χ1v) is 12.6. The van der Waals surface area contributed by atoms with E-state index in [1.807, 2.05) is 75.4 Å². The van der Waals surface area contributed by atoms with E-state index in [1.54, 1.807) is 0 Å². The Morgan fingerprint density at radius 3 is 2.36 bits per heavy atom. The Labute approximate surface area is 194 Å². The molecule has 172 valence electrons. The molecule has 8 heteroatoms. The molecule has 2 N–H and O–H groups in total. The van der Waals surface area contributed by atoms with Crippen molar-refractivity contribution in [2.45, 2.75) is 50.5 Å². The molecule has 7 nitrogen and oxygen atoms in total. The summed E-state index contributed by atoms with van der Waals surface area (Å²) in [5.74, 6) is 0.817. The van der Waals surface area contributed by atoms with Crippen LogP contribution in [0.25, 0.3) is 11.4 Å². The van der Waals surface area contributed by atoms with Gasteiger partial charge in [0.2, 0.25) is 5.91 Å². The molecule has 0 unspecified atom stereocenters. The van der Waals surface area contributed by atoms with E-state index in [4.69, 9.17) is 0 Å². The number of hydrogen-bond donors (Lipinski definition) is 2. The van der Waals surface area contributed by atoms with Crippen LogP contribution in [0.1, 0.15) is 38.4 Å². The predicted octanol–water partition coefficient (Wildman–Crippen LogP) is 4.06. The van der Waals surface area contributed by atoms with E-state index in [0.717, 1.165) is 11.1 Å². The van der Waals surface area contributed by atoms with Crippen LogP contribution in [0, 0.1) is 0 Å². The van der Waals surface area contributed by atoms with E-state index in [9.17, 15) is 13.2 Å². The third-order valence-corrected chi connectivity index (χ3v) is 7.08. The van der Waals surface area contributed by atoms with Crippen molar-refractivity contribution < 1.29 is 13.2 Å². The average Bonchev–Trinajstić information content (AvgIpc) is 2.74. The molecule has 2 aromatic carbocycles. The molecule has 3 aromatic rings. The van der Waals surface area contributed by atoms with Crippen LogP contribution < -0.4 is 10.6 Å². The number of nitrogens with one attached hydrogen (secondary N) is 2. The number of amides is 1. The maximum atomic E-state index is 12.9. The van der Waals surface area contributed by atoms with E-state index in [-0.39, 0.29) is 34.3 Å². The van der Waals surface area contributed by atoms with E-state index < -0.39 is 9.84 Å². The monoisotopic (exact) mass is 464 g/mol. The van der Waals surface area contributed by atoms with Crippen LogP contribution in [-0.2, 0) is 27.5 Å². The first kappa shape index (κ1) is 22.9. The maximum Gasteiger partial charge on any atom is 0.224 e. The van der Waals surface area contributed by atoms with Gasteiger partial charge in [-0.1, -0.05) is 42.5 Å². The van der Waals surface area contributed by atoms with Gasteiger partial charge in [0.15, 0.2) is 21.5 Å². The smallest absolute Gasteiger partial charge is 0.224 e. The Bertz CT molecular complexity index is 1270. The normalized spacial score (nSPS) is 14.9. The molecular formula is C25H28N4O3S. The number of fused-ring (bicyclic) bond motifs is 1. The molecule has 1 aromatic heterocycles. The predicted molar refractivity (Wildman–Crippen MR) is 129 cm³/mol. The van der Waals surface area contributed by atoms with Crippen molar-refractivity contribution in [1.82, 2.24) is 15.3 Å². The van der Waals surface area contributed by atoms with E-state index >= 15 is 0 Å². The molecule has 0 spiro atoms. The van der Waals surface area contributed by atoms with Gasteiger partial charge in [0, 0.05) is 16.8 Å². The molecule has 1 aliphatic rings. The number of carbonyl (C=O) groups excluding carboxylic acids is 1. The molecule has 0 bridgehead atoms. The lowest BCUT2D eigenvalue weighted by atomic mass is 10.1. The van der Waals surface area contributed by atoms with Crippen molar-refractivity contribution in [1.29, 1.82) is 0 Å². The highest BCUT2D eigenvalue weighted by Gasteiger charge is 2.30. The van der Waals surface area contributed by atoms with Crippen molar-refractivity contribution in [2.24, 2.45) is 0 Å². The van der Waals surface area contributed by atoms with Crippen molar-refractivity contribution in [2.75, 3.05) is 11.1 Å². The molecule has 0 aliphatic carbocycles. The summed E-state index contributed by atoms with van der Waals surface area (Å²) in [6.45, 7) is 5.83. The van der Waals surface area contributed by atoms with Gasteiger partial charge in [0.1, 0.15) is 4.90 Å². The van der Waals surface area contributed by atoms with Crippen LogP contribution in [-0.4, -0.2) is 35.6 Å². The van der Waals surface area contributed by atoms with Crippen LogP contribution in [0.5, 0.6) is 0 Å². The molecule has 0 saturated carbocycles. The van der Waals surface area contributed by atoms with Crippen LogP contribution in [0.2, 0.25) is 0 Å². The highest BCUT2D eigenvalue weighted by molar-refractivity contribution is 7.91. The summed E-state index contributed by atoms with van der Waals surface area (Å²) in [7, 11) is -3.47. The Morgan fingerprint density at radius 2 is 1.70 bits per heavy atom. The molecular weight excluding hydrogens is 436 g/mol. The van der Waals surface area contributed by atoms with E-state index in [2.05, 4.69) is 20.6 Å². The average molecular weight is 465 g/mol. The molecule has 0 fully saturated rings. The fourth-order valence-corrected chi connectivity index (χ4v) is 5.44. The van der Waals surface area contributed by atoms with Crippen molar-refractivity contribution in [3.8, 4) is 11.4 Å². The van der Waals surface area contributed by atoms with E-state index in [0.29, 0.717) is 30.0 Å². The molecule has 0 saturated heterocycles. The fraction of sp³-hybridized carbons (Fsp3) is 0.320. The van der Waals surface area contributed by atoms with Gasteiger partial charge < -0.3 is 10.6 Å². The number of aromatic nitrogens is 2. The number of rotatable bonds is 5. The van der Waals surface area contributed by atoms with Gasteiger partial charge in [0.25, 0.3) is 0 Å². The van der Waals surface area contributed by atoms with E-state index in [1.165, 1.54) is 0 Å². The molecule has 1 amide bonds. The second kappa shape index (κ2) is 8.94. The Hall–Kier alpha value is -3.26. The summed E-state index contributed by atoms with van der Waals surface area (Å²) in [4.78, 5) is 21.6. The van der Waals surface area contributed by atoms with Crippen molar-refractivity contribution in [3.63, 3.8) is 0 Å². The zero-order valence-electron chi connectivity index (χ0n) is 19.1. The topological polar surface area (TPSA) is 101 Å². The summed E-state index contributed by atoms with van der Waals surface area (Å²) in [6.07, 6.45) is 1.41. The van der Waals surface area contributed by atoms with Gasteiger partial charge in [-0.15, -0.1) is 0 Å². The molecule has 0 atom stereocenters. The van der Waals surface area contributed by atoms with Crippen LogP contribution >= 0.6 is 0 Å². The number of benzene rings is 2. The zero-order valence-corrected chi connectivity index (χ0v) is 19.9. The minimum Gasteiger partial charge on any atom is -0.351 e. The fourth-order valence-electron chi connectivity index (χ4n) is 3.82. The highest BCUT2D eigenvalue weighted by Crippen LogP contribution is 2.33. The lowest BCUT2D eigenvalue weighted by molar-refractivity contribution is -0.121. The minimum atomic E-state index is -3.47. The van der Waals surface area contributed by atoms with Gasteiger partial charge in [-0.25, -0.2) is 18.4 Å². The highest BCUT2D eigenvalue weighted by atomic mass is 32.2. The number of carbonyl (C=O) groups is 1. The third-order valence-electron chi connectivity index (χ3n) is 5.20. The van der Waals surface area contributed by atoms with Gasteiger partial charge in [0.05, 0.1) is 17.9 Å². The Balaban J connectivity index is 1.64. The van der Waals surface area contributed by atoms with Gasteiger partial charge in [-0.2, -0.15) is 0 Å². The number of sulfone groups is 1. The first-order valence-electron chi connectivity index (χ1n) is 11.0. The Kier molecular flexibility index (Phi) is 6.21. The largest absolute Gasteiger partial charge is 0.351 e. The molecule has 1 aliphatic heterocycles. The number of anilines is 2. The second-order valence-electron chi connectivity index (χ2n) is 9.26. The van der Waals surface area contributed by atoms with Crippen LogP contribution in [0.3, 0.4) is 0 Å². The third kappa shape index (κ3) is 5.57. The Morgan fingerprint density at radius 1 is 1.00 bits per heavy atom. The molecule has 0 radical (unpaired) electrons. The summed E-state index contributed by atoms with van der Waals surface area (Å²) >= 11 is 0. The lowest BCUT2D eigenvalue weighted by Gasteiger charge is -2.21. The summed E-state index contributed by atoms with van der Waals surface area (Å²) in [5, 5.41) is 6.13. The first-order chi connectivity index (χ1) is 15.6. The number of nitrogens with zero attached hydrogens (tertiary/aromatic N) is 2. The van der Waals surface area contributed by atoms with Crippen molar-refractivity contribution >= 4 is 27.2 Å². The SMILES string of the molecule is CC(C)(C)NC(=O)Cc1ccc(Nc2nc(-c3ccccc3)nc3c2S(=O)(=O)CCC3)cc1.